The van der Waals surface area contributed by atoms with E-state index in [1.165, 1.54) is 40.5 Å². The third kappa shape index (κ3) is 15.0. The van der Waals surface area contributed by atoms with Gasteiger partial charge in [-0.25, -0.2) is 39.0 Å². The minimum atomic E-state index is -5.05. The van der Waals surface area contributed by atoms with Crippen LogP contribution in [0, 0.1) is 22.7 Å². The van der Waals surface area contributed by atoms with E-state index in [-0.39, 0.29) is 60.0 Å². The number of fused-ring (bicyclic) bond motifs is 2. The molecule has 10 atom stereocenters. The molecule has 0 saturated carbocycles. The van der Waals surface area contributed by atoms with E-state index in [2.05, 4.69) is 47.1 Å². The van der Waals surface area contributed by atoms with Gasteiger partial charge in [0.1, 0.15) is 49.3 Å². The van der Waals surface area contributed by atoms with Crippen LogP contribution in [0.5, 0.6) is 0 Å². The molecule has 6 aromatic rings. The third-order valence-corrected chi connectivity index (χ3v) is 27.1. The van der Waals surface area contributed by atoms with Crippen LogP contribution in [0.15, 0.2) is 98.6 Å². The Bertz CT molecular complexity index is 3540. The van der Waals surface area contributed by atoms with E-state index < -0.39 is 123 Å². The maximum Gasteiger partial charge on any atom is 0.475 e. The number of aliphatic hydroxyl groups excluding tert-OH is 1. The molecule has 2 aromatic carbocycles. The summed E-state index contributed by atoms with van der Waals surface area (Å²) < 4.78 is 98.2. The molecule has 2 unspecified atom stereocenters. The van der Waals surface area contributed by atoms with Crippen LogP contribution in [0.25, 0.3) is 22.3 Å². The highest BCUT2D eigenvalue weighted by molar-refractivity contribution is 7.48. The van der Waals surface area contributed by atoms with Gasteiger partial charge in [-0.15, -0.1) is 6.58 Å². The topological polar surface area (TPSA) is 340 Å². The van der Waals surface area contributed by atoms with Gasteiger partial charge in [0.15, 0.2) is 63.1 Å². The maximum absolute atomic E-state index is 15.7. The Kier molecular flexibility index (Phi) is 20.9. The van der Waals surface area contributed by atoms with Crippen molar-refractivity contribution in [2.24, 2.45) is 0 Å². The highest BCUT2D eigenvalue weighted by Gasteiger charge is 2.57. The average molecular weight is 1260 g/mol. The average Bonchev–Trinajstić information content (AvgIpc) is 1.81. The van der Waals surface area contributed by atoms with Gasteiger partial charge >= 0.3 is 15.6 Å². The molecule has 0 bridgehead atoms. The highest BCUT2D eigenvalue weighted by atomic mass is 31.2. The van der Waals surface area contributed by atoms with Crippen molar-refractivity contribution in [3.8, 4) is 12.1 Å². The van der Waals surface area contributed by atoms with E-state index in [1.54, 1.807) is 60.7 Å². The van der Waals surface area contributed by atoms with Crippen molar-refractivity contribution < 1.29 is 69.3 Å². The van der Waals surface area contributed by atoms with Crippen LogP contribution in [-0.2, 0) is 54.6 Å². The number of nitriles is 2. The van der Waals surface area contributed by atoms with Gasteiger partial charge in [-0.1, -0.05) is 84.0 Å². The van der Waals surface area contributed by atoms with Gasteiger partial charge in [0.2, 0.25) is 0 Å². The molecule has 2 fully saturated rings. The normalized spacial score (nSPS) is 22.4. The predicted octanol–water partition coefficient (Wildman–Crippen LogP) is 9.81. The molecule has 0 aliphatic carbocycles. The maximum atomic E-state index is 15.7. The lowest BCUT2D eigenvalue weighted by Gasteiger charge is -2.41. The summed E-state index contributed by atoms with van der Waals surface area (Å²) in [6.07, 6.45) is -4.60. The smallest absolute Gasteiger partial charge is 0.407 e. The standard InChI is InChI=1S/C55H72N12O15P2Si2/c1-12-27-73-83(71,74-28-19-25-56)80-43-39(78-53(45(43)82-86(10,11)55(5,6)7)67-35-63-41-47(59-33-61-49(41)67)65-51(70)37-23-17-14-18-24-37)31-76-84(72,75-29-20-26-57)79-42-38(30-68)77-52(44(42)81-85(8,9)54(2,3)4)66-34-62-40-46(58-32-60-48(40)66)64-50(69)36-21-15-13-16-22-36/h12-18,21-24,32-35,38-39,42-45,52-53,68H,1,19-20,27-31H2,2-11H3,(H,58,60,64,69)(H,59,61,65,70)/t38-,39+,42-,43+,44-,45+,52-,53+,83?,84?/m0/s1. The fraction of sp³-hybridized carbons (Fsp3) is 0.491. The van der Waals surface area contributed by atoms with Crippen LogP contribution in [0.3, 0.4) is 0 Å². The van der Waals surface area contributed by atoms with Crippen LogP contribution in [0.4, 0.5) is 11.6 Å². The summed E-state index contributed by atoms with van der Waals surface area (Å²) in [5.74, 6) is -0.753. The number of benzene rings is 2. The molecule has 8 rings (SSSR count). The first-order valence-corrected chi connectivity index (χ1v) is 36.4. The number of aromatic nitrogens is 8. The van der Waals surface area contributed by atoms with Gasteiger partial charge in [0.05, 0.1) is 70.7 Å². The monoisotopic (exact) mass is 1260 g/mol. The number of carbonyl (C=O) groups excluding carboxylic acids is 2. The lowest BCUT2D eigenvalue weighted by Crippen LogP contribution is -2.49. The Hall–Kier alpha value is -6.35. The second kappa shape index (κ2) is 27.4. The number of phosphoric acid groups is 2. The number of hydrogen-bond donors (Lipinski definition) is 3. The molecule has 27 nitrogen and oxygen atoms in total. The molecule has 2 saturated heterocycles. The molecule has 86 heavy (non-hydrogen) atoms. The van der Waals surface area contributed by atoms with Gasteiger partial charge in [-0.2, -0.15) is 10.5 Å². The van der Waals surface area contributed by atoms with Crippen LogP contribution < -0.4 is 10.6 Å². The zero-order chi connectivity index (χ0) is 62.2. The summed E-state index contributed by atoms with van der Waals surface area (Å²) in [7, 11) is -15.6. The first-order valence-electron chi connectivity index (χ1n) is 27.6. The molecule has 2 aliphatic rings. The molecular formula is C55H72N12O15P2Si2. The Morgan fingerprint density at radius 1 is 0.651 bits per heavy atom. The molecule has 0 radical (unpaired) electrons. The van der Waals surface area contributed by atoms with Gasteiger partial charge in [0.25, 0.3) is 11.8 Å². The summed E-state index contributed by atoms with van der Waals surface area (Å²) >= 11 is 0. The van der Waals surface area contributed by atoms with Gasteiger partial charge in [-0.3, -0.25) is 45.9 Å². The Labute approximate surface area is 500 Å². The number of rotatable bonds is 27. The molecular weight excluding hydrogens is 1190 g/mol. The fourth-order valence-corrected chi connectivity index (χ4v) is 14.0. The van der Waals surface area contributed by atoms with Crippen molar-refractivity contribution >= 4 is 78.1 Å². The fourth-order valence-electron chi connectivity index (χ4n) is 8.69. The molecule has 4 aromatic heterocycles. The molecule has 0 spiro atoms. The Morgan fingerprint density at radius 3 is 1.48 bits per heavy atom. The Morgan fingerprint density at radius 2 is 1.07 bits per heavy atom. The number of ether oxygens (including phenoxy) is 2. The number of nitrogens with zero attached hydrogens (tertiary/aromatic N) is 10. The van der Waals surface area contributed by atoms with Crippen LogP contribution in [0.2, 0.25) is 36.3 Å². The zero-order valence-corrected chi connectivity index (χ0v) is 53.3. The molecule has 2 aliphatic heterocycles. The van der Waals surface area contributed by atoms with E-state index >= 15 is 4.57 Å². The van der Waals surface area contributed by atoms with E-state index in [0.717, 1.165) is 0 Å². The number of aliphatic hydroxyl groups is 1. The van der Waals surface area contributed by atoms with Crippen LogP contribution in [0.1, 0.15) is 87.6 Å². The Balaban J connectivity index is 1.20. The lowest BCUT2D eigenvalue weighted by atomic mass is 10.1. The molecule has 2 amide bonds. The van der Waals surface area contributed by atoms with Crippen LogP contribution in [-0.4, -0.2) is 142 Å². The number of amides is 2. The third-order valence-electron chi connectivity index (χ3n) is 15.2. The number of carbonyl (C=O) groups is 2. The van der Waals surface area contributed by atoms with E-state index in [0.29, 0.717) is 11.1 Å². The minimum Gasteiger partial charge on any atom is -0.407 e. The second-order valence-corrected chi connectivity index (χ2v) is 35.9. The summed E-state index contributed by atoms with van der Waals surface area (Å²) in [5.41, 5.74) is 1.43. The summed E-state index contributed by atoms with van der Waals surface area (Å²) in [6.45, 7) is 21.0. The van der Waals surface area contributed by atoms with Gasteiger partial charge in [-0.05, 0) is 60.5 Å². The van der Waals surface area contributed by atoms with E-state index in [1.807, 2.05) is 79.9 Å². The van der Waals surface area contributed by atoms with Crippen LogP contribution >= 0.6 is 15.6 Å². The van der Waals surface area contributed by atoms with Crippen molar-refractivity contribution in [1.29, 1.82) is 10.5 Å². The first-order chi connectivity index (χ1) is 40.8. The highest BCUT2D eigenvalue weighted by Crippen LogP contribution is 2.58. The number of nitrogens with one attached hydrogen (secondary N) is 2. The second-order valence-electron chi connectivity index (χ2n) is 23.1. The van der Waals surface area contributed by atoms with Crippen molar-refractivity contribution in [3.05, 3.63) is 110 Å². The minimum absolute atomic E-state index is 0.0673. The largest absolute Gasteiger partial charge is 0.475 e. The SMILES string of the molecule is C=CCOP(=O)(OCCC#N)O[C@H]1[C@@H](O[Si](C)(C)C(C)(C)C)[C@H](n2cnc3c(NC(=O)c4ccccc4)ncnc32)O[C@@H]1COP(=O)(OCCC#N)O[C@@H]1[C@H](O[Si](C)(C)C(C)(C)C)[C@@H](n2cnc3c(NC(=O)c4ccccc4)ncnc32)O[C@H]1CO. The number of hydrogen-bond acceptors (Lipinski definition) is 23. The summed E-state index contributed by atoms with van der Waals surface area (Å²) in [6, 6.07) is 20.9. The summed E-state index contributed by atoms with van der Waals surface area (Å²) in [5, 5.41) is 35.0. The van der Waals surface area contributed by atoms with Crippen molar-refractivity contribution in [3.63, 3.8) is 0 Å². The zero-order valence-electron chi connectivity index (χ0n) is 49.5. The van der Waals surface area contributed by atoms with Crippen molar-refractivity contribution in [2.45, 2.75) is 140 Å². The summed E-state index contributed by atoms with van der Waals surface area (Å²) in [4.78, 5) is 53.7. The molecule has 6 heterocycles. The van der Waals surface area contributed by atoms with Gasteiger partial charge < -0.3 is 34.1 Å². The van der Waals surface area contributed by atoms with Crippen molar-refractivity contribution in [2.75, 3.05) is 43.7 Å². The number of anilines is 2. The molecule has 31 heteroatoms. The van der Waals surface area contributed by atoms with Gasteiger partial charge in [0, 0.05) is 11.1 Å². The van der Waals surface area contributed by atoms with E-state index in [4.69, 9.17) is 45.5 Å². The quantitative estimate of drug-likeness (QED) is 0.0187. The molecule has 3 N–H and O–H groups in total. The predicted molar refractivity (Wildman–Crippen MR) is 318 cm³/mol. The number of imidazole rings is 2. The van der Waals surface area contributed by atoms with Crippen molar-refractivity contribution in [1.82, 2.24) is 39.0 Å². The first kappa shape index (κ1) is 65.6. The lowest BCUT2D eigenvalue weighted by molar-refractivity contribution is -0.0604. The van der Waals surface area contributed by atoms with E-state index in [9.17, 15) is 29.8 Å². The molecule has 460 valence electrons. The number of phosphoric ester groups is 2.